The van der Waals surface area contributed by atoms with Crippen molar-refractivity contribution in [1.82, 2.24) is 9.80 Å². The van der Waals surface area contributed by atoms with Crippen LogP contribution in [-0.4, -0.2) is 53.6 Å². The van der Waals surface area contributed by atoms with E-state index in [9.17, 15) is 14.4 Å². The second-order valence-electron chi connectivity index (χ2n) is 6.16. The van der Waals surface area contributed by atoms with Gasteiger partial charge in [0.05, 0.1) is 17.0 Å². The van der Waals surface area contributed by atoms with Crippen molar-refractivity contribution >= 4 is 58.1 Å². The van der Waals surface area contributed by atoms with Gasteiger partial charge in [0.25, 0.3) is 11.1 Å². The highest BCUT2D eigenvalue weighted by atomic mass is 35.5. The van der Waals surface area contributed by atoms with Gasteiger partial charge in [-0.3, -0.25) is 19.3 Å². The number of nitrogens with zero attached hydrogens (tertiary/aromatic N) is 2. The van der Waals surface area contributed by atoms with Crippen LogP contribution in [0.5, 0.6) is 5.75 Å². The number of halogens is 2. The SMILES string of the molecule is CCCN(CCC)C(=O)CN1C(=O)S/C(=C\c2cc(Cl)cc(Cl)c2OC)C1=O. The van der Waals surface area contributed by atoms with Gasteiger partial charge in [0.2, 0.25) is 5.91 Å². The molecule has 1 aromatic rings. The summed E-state index contributed by atoms with van der Waals surface area (Å²) in [7, 11) is 1.45. The number of hydrogen-bond donors (Lipinski definition) is 0. The fourth-order valence-electron chi connectivity index (χ4n) is 2.82. The van der Waals surface area contributed by atoms with Crippen LogP contribution in [0.3, 0.4) is 0 Å². The molecule has 6 nitrogen and oxygen atoms in total. The van der Waals surface area contributed by atoms with Gasteiger partial charge in [0.1, 0.15) is 12.3 Å². The third-order valence-corrected chi connectivity index (χ3v) is 5.44. The highest BCUT2D eigenvalue weighted by Gasteiger charge is 2.37. The number of rotatable bonds is 8. The third-order valence-electron chi connectivity index (χ3n) is 4.03. The molecule has 0 bridgehead atoms. The molecule has 9 heteroatoms. The summed E-state index contributed by atoms with van der Waals surface area (Å²) in [6.07, 6.45) is 3.12. The molecule has 1 saturated heterocycles. The van der Waals surface area contributed by atoms with E-state index in [1.807, 2.05) is 13.8 Å². The Morgan fingerprint density at radius 2 is 1.86 bits per heavy atom. The predicted molar refractivity (Wildman–Crippen MR) is 113 cm³/mol. The van der Waals surface area contributed by atoms with E-state index in [2.05, 4.69) is 0 Å². The summed E-state index contributed by atoms with van der Waals surface area (Å²) < 4.78 is 5.27. The van der Waals surface area contributed by atoms with Gasteiger partial charge in [-0.25, -0.2) is 0 Å². The van der Waals surface area contributed by atoms with Gasteiger partial charge >= 0.3 is 0 Å². The first kappa shape index (κ1) is 22.6. The summed E-state index contributed by atoms with van der Waals surface area (Å²) in [6.45, 7) is 4.87. The minimum Gasteiger partial charge on any atom is -0.495 e. The van der Waals surface area contributed by atoms with Gasteiger partial charge in [-0.2, -0.15) is 0 Å². The van der Waals surface area contributed by atoms with Gasteiger partial charge in [0, 0.05) is 23.7 Å². The van der Waals surface area contributed by atoms with Crippen LogP contribution in [0, 0.1) is 0 Å². The van der Waals surface area contributed by atoms with E-state index in [-0.39, 0.29) is 17.4 Å². The van der Waals surface area contributed by atoms with E-state index in [4.69, 9.17) is 27.9 Å². The molecule has 0 unspecified atom stereocenters. The van der Waals surface area contributed by atoms with Crippen molar-refractivity contribution in [3.8, 4) is 5.75 Å². The molecule has 0 atom stereocenters. The molecule has 0 aliphatic carbocycles. The van der Waals surface area contributed by atoms with Gasteiger partial charge in [-0.05, 0) is 42.8 Å². The van der Waals surface area contributed by atoms with E-state index in [1.54, 1.807) is 11.0 Å². The molecule has 1 fully saturated rings. The number of ether oxygens (including phenoxy) is 1. The van der Waals surface area contributed by atoms with E-state index in [0.29, 0.717) is 34.4 Å². The average Bonchev–Trinajstić information content (AvgIpc) is 2.88. The molecule has 28 heavy (non-hydrogen) atoms. The van der Waals surface area contributed by atoms with Crippen molar-refractivity contribution in [1.29, 1.82) is 0 Å². The number of hydrogen-bond acceptors (Lipinski definition) is 5. The lowest BCUT2D eigenvalue weighted by atomic mass is 10.2. The molecular formula is C19H22Cl2N2O4S. The molecule has 0 N–H and O–H groups in total. The van der Waals surface area contributed by atoms with Gasteiger partial charge < -0.3 is 9.64 Å². The van der Waals surface area contributed by atoms with Crippen LogP contribution >= 0.6 is 35.0 Å². The standard InChI is InChI=1S/C19H22Cl2N2O4S/c1-4-6-22(7-5-2)16(24)11-23-18(25)15(28-19(23)26)9-12-8-13(20)10-14(21)17(12)27-3/h8-10H,4-7,11H2,1-3H3/b15-9-. The van der Waals surface area contributed by atoms with Crippen LogP contribution in [-0.2, 0) is 9.59 Å². The van der Waals surface area contributed by atoms with Crippen LogP contribution in [0.2, 0.25) is 10.0 Å². The summed E-state index contributed by atoms with van der Waals surface area (Å²) in [5, 5.41) is 0.191. The van der Waals surface area contributed by atoms with Crippen molar-refractivity contribution in [2.45, 2.75) is 26.7 Å². The fraction of sp³-hybridized carbons (Fsp3) is 0.421. The summed E-state index contributed by atoms with van der Waals surface area (Å²) in [5.74, 6) is -0.406. The monoisotopic (exact) mass is 444 g/mol. The molecule has 1 aromatic carbocycles. The maximum Gasteiger partial charge on any atom is 0.294 e. The molecular weight excluding hydrogens is 423 g/mol. The lowest BCUT2D eigenvalue weighted by Gasteiger charge is -2.23. The number of carbonyl (C=O) groups is 3. The second kappa shape index (κ2) is 10.2. The Labute approximate surface area is 178 Å². The zero-order valence-corrected chi connectivity index (χ0v) is 18.3. The smallest absolute Gasteiger partial charge is 0.294 e. The lowest BCUT2D eigenvalue weighted by molar-refractivity contribution is -0.135. The maximum atomic E-state index is 12.7. The quantitative estimate of drug-likeness (QED) is 0.544. The summed E-state index contributed by atoms with van der Waals surface area (Å²) in [4.78, 5) is 40.4. The van der Waals surface area contributed by atoms with E-state index >= 15 is 0 Å². The van der Waals surface area contributed by atoms with Crippen molar-refractivity contribution in [2.24, 2.45) is 0 Å². The first-order valence-corrected chi connectivity index (χ1v) is 10.5. The molecule has 0 aromatic heterocycles. The summed E-state index contributed by atoms with van der Waals surface area (Å²) in [5.41, 5.74) is 0.482. The summed E-state index contributed by atoms with van der Waals surface area (Å²) in [6, 6.07) is 3.12. The minimum absolute atomic E-state index is 0.187. The fourth-order valence-corrected chi connectivity index (χ4v) is 4.23. The van der Waals surface area contributed by atoms with Crippen molar-refractivity contribution < 1.29 is 19.1 Å². The molecule has 0 saturated carbocycles. The van der Waals surface area contributed by atoms with E-state index in [1.165, 1.54) is 19.3 Å². The Hall–Kier alpha value is -1.70. The van der Waals surface area contributed by atoms with Crippen molar-refractivity contribution in [2.75, 3.05) is 26.7 Å². The number of benzene rings is 1. The highest BCUT2D eigenvalue weighted by Crippen LogP contribution is 2.37. The number of amides is 3. The zero-order valence-electron chi connectivity index (χ0n) is 16.0. The van der Waals surface area contributed by atoms with Gasteiger partial charge in [0.15, 0.2) is 0 Å². The lowest BCUT2D eigenvalue weighted by Crippen LogP contribution is -2.42. The molecule has 152 valence electrons. The molecule has 2 rings (SSSR count). The molecule has 0 radical (unpaired) electrons. The third kappa shape index (κ3) is 5.21. The topological polar surface area (TPSA) is 66.9 Å². The van der Waals surface area contributed by atoms with Crippen LogP contribution in [0.25, 0.3) is 6.08 Å². The van der Waals surface area contributed by atoms with Gasteiger partial charge in [-0.15, -0.1) is 0 Å². The molecule has 3 amide bonds. The maximum absolute atomic E-state index is 12.7. The Morgan fingerprint density at radius 1 is 1.21 bits per heavy atom. The largest absolute Gasteiger partial charge is 0.495 e. The predicted octanol–water partition coefficient (Wildman–Crippen LogP) is 4.69. The second-order valence-corrected chi connectivity index (χ2v) is 8.00. The van der Waals surface area contributed by atoms with Crippen LogP contribution in [0.1, 0.15) is 32.3 Å². The first-order valence-electron chi connectivity index (χ1n) is 8.88. The number of thioether (sulfide) groups is 1. The molecule has 1 heterocycles. The number of carbonyl (C=O) groups excluding carboxylic acids is 3. The van der Waals surface area contributed by atoms with Crippen LogP contribution in [0.15, 0.2) is 17.0 Å². The first-order chi connectivity index (χ1) is 13.3. The number of methoxy groups -OCH3 is 1. The van der Waals surface area contributed by atoms with Crippen LogP contribution in [0.4, 0.5) is 4.79 Å². The molecule has 1 aliphatic heterocycles. The van der Waals surface area contributed by atoms with Crippen molar-refractivity contribution in [3.63, 3.8) is 0 Å². The highest BCUT2D eigenvalue weighted by molar-refractivity contribution is 8.18. The number of imide groups is 1. The average molecular weight is 445 g/mol. The Bertz CT molecular complexity index is 807. The zero-order chi connectivity index (χ0) is 20.8. The van der Waals surface area contributed by atoms with Crippen molar-refractivity contribution in [3.05, 3.63) is 32.6 Å². The van der Waals surface area contributed by atoms with Crippen LogP contribution < -0.4 is 4.74 Å². The Kier molecular flexibility index (Phi) is 8.22. The Balaban J connectivity index is 2.24. The summed E-state index contributed by atoms with van der Waals surface area (Å²) >= 11 is 12.9. The molecule has 0 spiro atoms. The normalized spacial score (nSPS) is 15.5. The van der Waals surface area contributed by atoms with E-state index in [0.717, 1.165) is 29.5 Å². The Morgan fingerprint density at radius 3 is 2.43 bits per heavy atom. The molecule has 1 aliphatic rings. The minimum atomic E-state index is -0.519. The van der Waals surface area contributed by atoms with E-state index < -0.39 is 11.1 Å². The van der Waals surface area contributed by atoms with Gasteiger partial charge in [-0.1, -0.05) is 37.0 Å².